The summed E-state index contributed by atoms with van der Waals surface area (Å²) in [7, 11) is 1.33. The minimum absolute atomic E-state index is 0.122. The highest BCUT2D eigenvalue weighted by Crippen LogP contribution is 2.27. The van der Waals surface area contributed by atoms with E-state index in [1.807, 2.05) is 0 Å². The molecule has 7 heteroatoms. The molecule has 1 aliphatic rings. The van der Waals surface area contributed by atoms with Gasteiger partial charge in [0.05, 0.1) is 18.8 Å². The molecular formula is C10H15N3O3S. The average molecular weight is 257 g/mol. The number of carbonyl (C=O) groups excluding carboxylic acids is 1. The Hall–Kier alpha value is -1.37. The summed E-state index contributed by atoms with van der Waals surface area (Å²) < 4.78 is 18.1. The van der Waals surface area contributed by atoms with E-state index in [1.165, 1.54) is 13.5 Å². The van der Waals surface area contributed by atoms with Gasteiger partial charge in [-0.25, -0.2) is 4.79 Å². The molecule has 1 fully saturated rings. The second-order valence-corrected chi connectivity index (χ2v) is 4.33. The number of aromatic nitrogens is 2. The van der Waals surface area contributed by atoms with Crippen LogP contribution in [0.15, 0.2) is 0 Å². The van der Waals surface area contributed by atoms with Gasteiger partial charge in [-0.05, 0) is 19.3 Å². The van der Waals surface area contributed by atoms with Crippen LogP contribution in [-0.4, -0.2) is 41.5 Å². The number of esters is 1. The zero-order valence-electron chi connectivity index (χ0n) is 9.72. The Balaban J connectivity index is 1.98. The lowest BCUT2D eigenvalue weighted by Gasteiger charge is -2.26. The topological polar surface area (TPSA) is 64.5 Å². The predicted molar refractivity (Wildman–Crippen MR) is 63.5 cm³/mol. The van der Waals surface area contributed by atoms with Crippen molar-refractivity contribution in [3.8, 4) is 5.88 Å². The standard InChI is InChI=1S/C10H15N3O3S/c1-15-8(14)7-16-10-9(11-17-12-10)13-5-3-2-4-6-13/h2-7H2,1H3. The number of carbonyl (C=O) groups is 1. The molecule has 0 atom stereocenters. The van der Waals surface area contributed by atoms with Crippen LogP contribution in [0.25, 0.3) is 0 Å². The molecule has 2 heterocycles. The summed E-state index contributed by atoms with van der Waals surface area (Å²) in [6.45, 7) is 1.82. The van der Waals surface area contributed by atoms with Crippen LogP contribution >= 0.6 is 11.7 Å². The van der Waals surface area contributed by atoms with Crippen molar-refractivity contribution < 1.29 is 14.3 Å². The Morgan fingerprint density at radius 3 is 2.82 bits per heavy atom. The molecule has 0 radical (unpaired) electrons. The van der Waals surface area contributed by atoms with Gasteiger partial charge in [0.15, 0.2) is 6.61 Å². The van der Waals surface area contributed by atoms with E-state index < -0.39 is 5.97 Å². The molecule has 0 N–H and O–H groups in total. The highest BCUT2D eigenvalue weighted by Gasteiger charge is 2.20. The summed E-state index contributed by atoms with van der Waals surface area (Å²) >= 11 is 1.10. The lowest BCUT2D eigenvalue weighted by Crippen LogP contribution is -2.30. The van der Waals surface area contributed by atoms with Gasteiger partial charge in [0.2, 0.25) is 5.82 Å². The van der Waals surface area contributed by atoms with Gasteiger partial charge in [-0.15, -0.1) is 4.37 Å². The van der Waals surface area contributed by atoms with Gasteiger partial charge in [-0.2, -0.15) is 4.37 Å². The lowest BCUT2D eigenvalue weighted by atomic mass is 10.1. The van der Waals surface area contributed by atoms with Crippen LogP contribution in [0.4, 0.5) is 5.82 Å². The van der Waals surface area contributed by atoms with Gasteiger partial charge in [0.1, 0.15) is 0 Å². The van der Waals surface area contributed by atoms with Crippen molar-refractivity contribution in [3.63, 3.8) is 0 Å². The molecule has 6 nitrogen and oxygen atoms in total. The summed E-state index contributed by atoms with van der Waals surface area (Å²) in [6.07, 6.45) is 3.58. The fourth-order valence-electron chi connectivity index (χ4n) is 1.75. The summed E-state index contributed by atoms with van der Waals surface area (Å²) in [6, 6.07) is 0. The maximum Gasteiger partial charge on any atom is 0.343 e. The van der Waals surface area contributed by atoms with Gasteiger partial charge >= 0.3 is 5.97 Å². The number of hydrogen-bond donors (Lipinski definition) is 0. The number of piperidine rings is 1. The van der Waals surface area contributed by atoms with E-state index in [0.29, 0.717) is 5.88 Å². The Bertz CT molecular complexity index is 377. The quantitative estimate of drug-likeness (QED) is 0.752. The fourth-order valence-corrected chi connectivity index (χ4v) is 2.27. The van der Waals surface area contributed by atoms with Crippen molar-refractivity contribution in [2.24, 2.45) is 0 Å². The lowest BCUT2D eigenvalue weighted by molar-refractivity contribution is -0.142. The smallest absolute Gasteiger partial charge is 0.343 e. The van der Waals surface area contributed by atoms with E-state index in [4.69, 9.17) is 4.74 Å². The van der Waals surface area contributed by atoms with Crippen molar-refractivity contribution in [2.75, 3.05) is 31.7 Å². The molecule has 1 aliphatic heterocycles. The normalized spacial score (nSPS) is 15.7. The van der Waals surface area contributed by atoms with Crippen molar-refractivity contribution in [2.45, 2.75) is 19.3 Å². The summed E-state index contributed by atoms with van der Waals surface area (Å²) in [4.78, 5) is 13.1. The molecule has 0 aromatic carbocycles. The van der Waals surface area contributed by atoms with Crippen molar-refractivity contribution in [1.29, 1.82) is 0 Å². The molecule has 1 aromatic rings. The Labute approximate surface area is 104 Å². The van der Waals surface area contributed by atoms with Gasteiger partial charge in [-0.3, -0.25) is 0 Å². The third-order valence-corrected chi connectivity index (χ3v) is 3.15. The molecule has 0 aliphatic carbocycles. The van der Waals surface area contributed by atoms with Crippen LogP contribution in [0.5, 0.6) is 5.88 Å². The second-order valence-electron chi connectivity index (χ2n) is 3.81. The van der Waals surface area contributed by atoms with Gasteiger partial charge in [-0.1, -0.05) is 0 Å². The van der Waals surface area contributed by atoms with E-state index >= 15 is 0 Å². The first-order valence-electron chi connectivity index (χ1n) is 5.58. The third-order valence-electron chi connectivity index (χ3n) is 2.65. The minimum Gasteiger partial charge on any atom is -0.466 e. The van der Waals surface area contributed by atoms with E-state index in [-0.39, 0.29) is 6.61 Å². The molecule has 0 amide bonds. The van der Waals surface area contributed by atoms with Crippen LogP contribution in [0, 0.1) is 0 Å². The molecule has 0 spiro atoms. The minimum atomic E-state index is -0.414. The number of ether oxygens (including phenoxy) is 2. The maximum absolute atomic E-state index is 11.0. The highest BCUT2D eigenvalue weighted by molar-refractivity contribution is 6.99. The zero-order chi connectivity index (χ0) is 12.1. The van der Waals surface area contributed by atoms with Crippen LogP contribution in [0.3, 0.4) is 0 Å². The van der Waals surface area contributed by atoms with Gasteiger partial charge in [0, 0.05) is 13.1 Å². The fraction of sp³-hybridized carbons (Fsp3) is 0.700. The van der Waals surface area contributed by atoms with E-state index in [0.717, 1.165) is 43.5 Å². The first kappa shape index (κ1) is 12.1. The largest absolute Gasteiger partial charge is 0.466 e. The Morgan fingerprint density at radius 2 is 2.12 bits per heavy atom. The molecule has 94 valence electrons. The van der Waals surface area contributed by atoms with Crippen molar-refractivity contribution in [3.05, 3.63) is 0 Å². The average Bonchev–Trinajstić information content (AvgIpc) is 2.85. The van der Waals surface area contributed by atoms with Crippen LogP contribution in [0.2, 0.25) is 0 Å². The molecule has 0 bridgehead atoms. The summed E-state index contributed by atoms with van der Waals surface area (Å²) in [5, 5.41) is 0. The molecule has 1 saturated heterocycles. The Kier molecular flexibility index (Phi) is 4.13. The second kappa shape index (κ2) is 5.81. The molecule has 0 saturated carbocycles. The third kappa shape index (κ3) is 3.06. The number of methoxy groups -OCH3 is 1. The number of nitrogens with zero attached hydrogens (tertiary/aromatic N) is 3. The first-order chi connectivity index (χ1) is 8.31. The number of hydrogen-bond acceptors (Lipinski definition) is 7. The van der Waals surface area contributed by atoms with Gasteiger partial charge < -0.3 is 14.4 Å². The van der Waals surface area contributed by atoms with Crippen LogP contribution in [-0.2, 0) is 9.53 Å². The van der Waals surface area contributed by atoms with E-state index in [1.54, 1.807) is 0 Å². The molecule has 1 aromatic heterocycles. The maximum atomic E-state index is 11.0. The first-order valence-corrected chi connectivity index (χ1v) is 6.31. The van der Waals surface area contributed by atoms with Crippen LogP contribution < -0.4 is 9.64 Å². The predicted octanol–water partition coefficient (Wildman–Crippen LogP) is 1.08. The van der Waals surface area contributed by atoms with Crippen molar-refractivity contribution in [1.82, 2.24) is 8.75 Å². The van der Waals surface area contributed by atoms with Crippen molar-refractivity contribution >= 4 is 23.5 Å². The SMILES string of the molecule is COC(=O)COc1nsnc1N1CCCCC1. The summed E-state index contributed by atoms with van der Waals surface area (Å²) in [5.41, 5.74) is 0. The molecule has 0 unspecified atom stereocenters. The van der Waals surface area contributed by atoms with Gasteiger partial charge in [0.25, 0.3) is 5.88 Å². The molecule has 17 heavy (non-hydrogen) atoms. The highest BCUT2D eigenvalue weighted by atomic mass is 32.1. The summed E-state index contributed by atoms with van der Waals surface area (Å²) in [5.74, 6) is 0.767. The monoisotopic (exact) mass is 257 g/mol. The molecule has 2 rings (SSSR count). The van der Waals surface area contributed by atoms with E-state index in [2.05, 4.69) is 18.4 Å². The number of rotatable bonds is 4. The van der Waals surface area contributed by atoms with Crippen LogP contribution in [0.1, 0.15) is 19.3 Å². The van der Waals surface area contributed by atoms with E-state index in [9.17, 15) is 4.79 Å². The number of anilines is 1. The Morgan fingerprint density at radius 1 is 1.35 bits per heavy atom. The zero-order valence-corrected chi connectivity index (χ0v) is 10.5. The molecular weight excluding hydrogens is 242 g/mol.